The van der Waals surface area contributed by atoms with Crippen molar-refractivity contribution in [3.05, 3.63) is 0 Å². The summed E-state index contributed by atoms with van der Waals surface area (Å²) in [6.45, 7) is 0. The Morgan fingerprint density at radius 2 is 0.812 bits per heavy atom. The second-order valence-electron chi connectivity index (χ2n) is 2.64. The van der Waals surface area contributed by atoms with Crippen LogP contribution in [0.2, 0.25) is 0 Å². The van der Waals surface area contributed by atoms with Gasteiger partial charge in [-0.05, 0) is 0 Å². The highest BCUT2D eigenvalue weighted by molar-refractivity contribution is 5.01. The first-order chi connectivity index (χ1) is 6.69. The number of hydrogen-bond donors (Lipinski definition) is 1. The Labute approximate surface area is 80.6 Å². The van der Waals surface area contributed by atoms with Crippen molar-refractivity contribution in [2.24, 2.45) is 5.41 Å². The molecule has 1 N–H and O–H groups in total. The zero-order valence-electron chi connectivity index (χ0n) is 6.80. The van der Waals surface area contributed by atoms with Crippen LogP contribution in [0.4, 0.5) is 43.9 Å². The Morgan fingerprint density at radius 1 is 0.625 bits per heavy atom. The predicted molar refractivity (Wildman–Crippen MR) is 27.7 cm³/mol. The van der Waals surface area contributed by atoms with Gasteiger partial charge in [-0.15, -0.1) is 0 Å². The Kier molecular flexibility index (Phi) is 3.47. The smallest absolute Gasteiger partial charge is 0.363 e. The standard InChI is InChI=1S/C5H2F10O/c6-1(16)2(3(7,8)9,4(10,11)12)5(13,14)15/h1,16H. The molecule has 1 nitrogen and oxygen atoms in total. The molecule has 98 valence electrons. The first-order valence-corrected chi connectivity index (χ1v) is 3.22. The van der Waals surface area contributed by atoms with Crippen LogP contribution in [-0.4, -0.2) is 30.0 Å². The van der Waals surface area contributed by atoms with Crippen molar-refractivity contribution >= 4 is 0 Å². The van der Waals surface area contributed by atoms with E-state index in [0.717, 1.165) is 0 Å². The molecule has 16 heavy (non-hydrogen) atoms. The number of aliphatic hydroxyl groups is 1. The van der Waals surface area contributed by atoms with Crippen LogP contribution in [0.5, 0.6) is 0 Å². The van der Waals surface area contributed by atoms with Gasteiger partial charge in [0.15, 0.2) is 0 Å². The van der Waals surface area contributed by atoms with Gasteiger partial charge in [0.2, 0.25) is 6.36 Å². The van der Waals surface area contributed by atoms with E-state index in [1.165, 1.54) is 0 Å². The summed E-state index contributed by atoms with van der Waals surface area (Å²) >= 11 is 0. The first-order valence-electron chi connectivity index (χ1n) is 3.22. The van der Waals surface area contributed by atoms with Gasteiger partial charge in [-0.2, -0.15) is 39.5 Å². The highest BCUT2D eigenvalue weighted by Gasteiger charge is 2.87. The zero-order chi connectivity index (χ0) is 13.6. The largest absolute Gasteiger partial charge is 0.417 e. The lowest BCUT2D eigenvalue weighted by molar-refractivity contribution is -0.460. The van der Waals surface area contributed by atoms with E-state index in [1.54, 1.807) is 0 Å². The zero-order valence-corrected chi connectivity index (χ0v) is 6.80. The van der Waals surface area contributed by atoms with Crippen molar-refractivity contribution in [1.82, 2.24) is 0 Å². The molecule has 0 aliphatic heterocycles. The van der Waals surface area contributed by atoms with Crippen LogP contribution in [0.15, 0.2) is 0 Å². The highest BCUT2D eigenvalue weighted by atomic mass is 19.4. The normalized spacial score (nSPS) is 17.4. The third kappa shape index (κ3) is 1.92. The highest BCUT2D eigenvalue weighted by Crippen LogP contribution is 2.61. The molecule has 0 aliphatic carbocycles. The number of aliphatic hydroxyl groups excluding tert-OH is 1. The predicted octanol–water partition coefficient (Wildman–Crippen LogP) is 2.95. The average molecular weight is 268 g/mol. The summed E-state index contributed by atoms with van der Waals surface area (Å²) in [5.41, 5.74) is -6.80. The van der Waals surface area contributed by atoms with E-state index in [-0.39, 0.29) is 0 Å². The van der Waals surface area contributed by atoms with Crippen LogP contribution >= 0.6 is 0 Å². The number of rotatable bonds is 1. The number of hydrogen-bond acceptors (Lipinski definition) is 1. The maximum absolute atomic E-state index is 11.9. The topological polar surface area (TPSA) is 20.2 Å². The van der Waals surface area contributed by atoms with Crippen LogP contribution in [0.3, 0.4) is 0 Å². The Bertz CT molecular complexity index is 207. The molecular formula is C5H2F10O. The molecule has 0 fully saturated rings. The van der Waals surface area contributed by atoms with Crippen molar-refractivity contribution in [3.8, 4) is 0 Å². The van der Waals surface area contributed by atoms with E-state index in [2.05, 4.69) is 0 Å². The summed E-state index contributed by atoms with van der Waals surface area (Å²) in [6.07, 6.45) is -26.4. The van der Waals surface area contributed by atoms with Gasteiger partial charge in [0, 0.05) is 0 Å². The second kappa shape index (κ2) is 3.64. The molecule has 0 rings (SSSR count). The van der Waals surface area contributed by atoms with Crippen molar-refractivity contribution in [1.29, 1.82) is 0 Å². The van der Waals surface area contributed by atoms with E-state index in [1.807, 2.05) is 0 Å². The molecule has 0 spiro atoms. The van der Waals surface area contributed by atoms with Crippen LogP contribution in [0.25, 0.3) is 0 Å². The lowest BCUT2D eigenvalue weighted by atomic mass is 9.85. The van der Waals surface area contributed by atoms with E-state index >= 15 is 0 Å². The molecule has 0 aromatic carbocycles. The summed E-state index contributed by atoms with van der Waals surface area (Å²) < 4.78 is 118. The molecule has 0 saturated carbocycles. The lowest BCUT2D eigenvalue weighted by Gasteiger charge is -2.38. The van der Waals surface area contributed by atoms with Gasteiger partial charge in [-0.3, -0.25) is 0 Å². The molecule has 0 saturated heterocycles. The maximum Gasteiger partial charge on any atom is 0.417 e. The van der Waals surface area contributed by atoms with Gasteiger partial charge in [0.05, 0.1) is 0 Å². The quantitative estimate of drug-likeness (QED) is 0.725. The third-order valence-corrected chi connectivity index (χ3v) is 1.70. The fourth-order valence-electron chi connectivity index (χ4n) is 0.887. The van der Waals surface area contributed by atoms with Crippen LogP contribution in [-0.2, 0) is 0 Å². The van der Waals surface area contributed by atoms with Crippen molar-refractivity contribution < 1.29 is 49.0 Å². The van der Waals surface area contributed by atoms with Gasteiger partial charge in [0.25, 0.3) is 0 Å². The molecule has 11 heteroatoms. The minimum atomic E-state index is -7.07. The third-order valence-electron chi connectivity index (χ3n) is 1.70. The Hall–Kier alpha value is -0.740. The molecule has 0 amide bonds. The molecule has 0 radical (unpaired) electrons. The van der Waals surface area contributed by atoms with Crippen molar-refractivity contribution in [3.63, 3.8) is 0 Å². The van der Waals surface area contributed by atoms with Gasteiger partial charge >= 0.3 is 23.9 Å². The Balaban J connectivity index is 6.05. The average Bonchev–Trinajstić information content (AvgIpc) is 1.71. The summed E-state index contributed by atoms with van der Waals surface area (Å²) in [5.74, 6) is 0. The van der Waals surface area contributed by atoms with Crippen LogP contribution in [0, 0.1) is 5.41 Å². The van der Waals surface area contributed by atoms with Crippen molar-refractivity contribution in [2.75, 3.05) is 0 Å². The molecular weight excluding hydrogens is 266 g/mol. The second-order valence-corrected chi connectivity index (χ2v) is 2.64. The first kappa shape index (κ1) is 15.3. The van der Waals surface area contributed by atoms with E-state index in [9.17, 15) is 43.9 Å². The fourth-order valence-corrected chi connectivity index (χ4v) is 0.887. The molecule has 1 atom stereocenters. The lowest BCUT2D eigenvalue weighted by Crippen LogP contribution is -2.64. The number of halogens is 10. The van der Waals surface area contributed by atoms with E-state index in [4.69, 9.17) is 5.11 Å². The monoisotopic (exact) mass is 268 g/mol. The Morgan fingerprint density at radius 3 is 0.812 bits per heavy atom. The molecule has 0 bridgehead atoms. The van der Waals surface area contributed by atoms with Gasteiger partial charge in [-0.1, -0.05) is 0 Å². The molecule has 0 aromatic rings. The molecule has 0 heterocycles. The van der Waals surface area contributed by atoms with Gasteiger partial charge in [-0.25, -0.2) is 4.39 Å². The number of alkyl halides is 10. The summed E-state index contributed by atoms with van der Waals surface area (Å²) in [5, 5.41) is 7.64. The fraction of sp³-hybridized carbons (Fsp3) is 1.00. The van der Waals surface area contributed by atoms with Crippen LogP contribution in [0.1, 0.15) is 0 Å². The minimum absolute atomic E-state index is 5.20. The maximum atomic E-state index is 11.9. The summed E-state index contributed by atoms with van der Waals surface area (Å²) in [4.78, 5) is 0. The van der Waals surface area contributed by atoms with Gasteiger partial charge in [0.1, 0.15) is 0 Å². The minimum Gasteiger partial charge on any atom is -0.363 e. The molecule has 1 unspecified atom stereocenters. The summed E-state index contributed by atoms with van der Waals surface area (Å²) in [6, 6.07) is 0. The van der Waals surface area contributed by atoms with E-state index in [0.29, 0.717) is 0 Å². The van der Waals surface area contributed by atoms with Gasteiger partial charge < -0.3 is 5.11 Å². The van der Waals surface area contributed by atoms with Crippen molar-refractivity contribution in [2.45, 2.75) is 24.9 Å². The molecule has 0 aliphatic rings. The van der Waals surface area contributed by atoms with E-state index < -0.39 is 30.3 Å². The SMILES string of the molecule is OC(F)C(C(F)(F)F)(C(F)(F)F)C(F)(F)F. The molecule has 0 aromatic heterocycles. The van der Waals surface area contributed by atoms with Crippen LogP contribution < -0.4 is 0 Å². The summed E-state index contributed by atoms with van der Waals surface area (Å²) in [7, 11) is 0.